The Labute approximate surface area is 174 Å². The van der Waals surface area contributed by atoms with E-state index in [0.717, 1.165) is 33.8 Å². The zero-order chi connectivity index (χ0) is 20.5. The Hall–Kier alpha value is -2.80. The topological polar surface area (TPSA) is 62.6 Å². The van der Waals surface area contributed by atoms with E-state index in [1.165, 1.54) is 0 Å². The third-order valence-corrected chi connectivity index (χ3v) is 5.67. The maximum absolute atomic E-state index is 12.6. The molecule has 0 radical (unpaired) electrons. The Balaban J connectivity index is 1.94. The maximum Gasteiger partial charge on any atom is 0.374 e. The Bertz CT molecular complexity index is 1040. The number of methoxy groups -OCH3 is 1. The molecule has 29 heavy (non-hydrogen) atoms. The summed E-state index contributed by atoms with van der Waals surface area (Å²) in [6.45, 7) is 6.74. The minimum absolute atomic E-state index is 0.0160. The monoisotopic (exact) mass is 412 g/mol. The number of imidazole rings is 1. The van der Waals surface area contributed by atoms with Crippen molar-refractivity contribution in [1.29, 1.82) is 0 Å². The lowest BCUT2D eigenvalue weighted by Gasteiger charge is -2.23. The fourth-order valence-corrected chi connectivity index (χ4v) is 4.36. The number of carbonyl (C=O) groups excluding carboxylic acids is 1. The average Bonchev–Trinajstić information content (AvgIpc) is 3.35. The molecule has 0 unspecified atom stereocenters. The number of rotatable bonds is 6. The molecule has 1 aliphatic heterocycles. The van der Waals surface area contributed by atoms with Gasteiger partial charge in [-0.3, -0.25) is 0 Å². The van der Waals surface area contributed by atoms with Gasteiger partial charge < -0.3 is 18.8 Å². The summed E-state index contributed by atoms with van der Waals surface area (Å²) in [7, 11) is 1.65. The second-order valence-electron chi connectivity index (χ2n) is 7.06. The fourth-order valence-electron chi connectivity index (χ4n) is 3.65. The quantitative estimate of drug-likeness (QED) is 0.544. The number of aryl methyl sites for hydroxylation is 1. The number of ether oxygens (including phenoxy) is 3. The van der Waals surface area contributed by atoms with E-state index in [9.17, 15) is 4.79 Å². The van der Waals surface area contributed by atoms with Gasteiger partial charge in [0.15, 0.2) is 11.5 Å². The van der Waals surface area contributed by atoms with Crippen molar-refractivity contribution in [2.75, 3.05) is 13.7 Å². The molecule has 4 rings (SSSR count). The first-order valence-electron chi connectivity index (χ1n) is 9.73. The van der Waals surface area contributed by atoms with Crippen LogP contribution in [0.2, 0.25) is 0 Å². The first-order chi connectivity index (χ1) is 14.0. The molecule has 0 aliphatic carbocycles. The van der Waals surface area contributed by atoms with E-state index in [1.54, 1.807) is 25.4 Å². The molecule has 6 nitrogen and oxygen atoms in total. The Morgan fingerprint density at radius 1 is 1.31 bits per heavy atom. The van der Waals surface area contributed by atoms with E-state index >= 15 is 0 Å². The van der Waals surface area contributed by atoms with Crippen molar-refractivity contribution in [1.82, 2.24) is 9.55 Å². The van der Waals surface area contributed by atoms with Crippen molar-refractivity contribution >= 4 is 17.3 Å². The number of nitrogens with zero attached hydrogens (tertiary/aromatic N) is 2. The van der Waals surface area contributed by atoms with Crippen LogP contribution < -0.4 is 9.47 Å². The van der Waals surface area contributed by atoms with Crippen LogP contribution in [0, 0.1) is 0 Å². The minimum atomic E-state index is -0.396. The SMILES string of the molecule is CCOC(=O)c1nc(-c2cccs2)c2n1CCc1cc(OC)c(OC(C)C)cc1-2. The van der Waals surface area contributed by atoms with Gasteiger partial charge in [0.2, 0.25) is 5.82 Å². The lowest BCUT2D eigenvalue weighted by Crippen LogP contribution is -2.18. The van der Waals surface area contributed by atoms with E-state index in [4.69, 9.17) is 19.2 Å². The number of esters is 1. The Kier molecular flexibility index (Phi) is 5.32. The van der Waals surface area contributed by atoms with Crippen LogP contribution in [0.4, 0.5) is 0 Å². The van der Waals surface area contributed by atoms with Gasteiger partial charge in [0.05, 0.1) is 30.4 Å². The van der Waals surface area contributed by atoms with E-state index in [0.29, 0.717) is 30.5 Å². The van der Waals surface area contributed by atoms with Gasteiger partial charge in [-0.15, -0.1) is 11.3 Å². The molecule has 0 amide bonds. The lowest BCUT2D eigenvalue weighted by molar-refractivity contribution is 0.0506. The van der Waals surface area contributed by atoms with E-state index in [-0.39, 0.29) is 6.10 Å². The van der Waals surface area contributed by atoms with Gasteiger partial charge in [0, 0.05) is 12.1 Å². The summed E-state index contributed by atoms with van der Waals surface area (Å²) >= 11 is 1.60. The van der Waals surface area contributed by atoms with Gasteiger partial charge in [-0.25, -0.2) is 9.78 Å². The van der Waals surface area contributed by atoms with Crippen molar-refractivity contribution in [3.05, 3.63) is 41.0 Å². The van der Waals surface area contributed by atoms with Crippen LogP contribution in [-0.2, 0) is 17.7 Å². The maximum atomic E-state index is 12.6. The largest absolute Gasteiger partial charge is 0.493 e. The van der Waals surface area contributed by atoms with Gasteiger partial charge in [-0.1, -0.05) is 6.07 Å². The normalized spacial score (nSPS) is 12.4. The van der Waals surface area contributed by atoms with Gasteiger partial charge in [0.25, 0.3) is 0 Å². The summed E-state index contributed by atoms with van der Waals surface area (Å²) in [5.74, 6) is 1.35. The van der Waals surface area contributed by atoms with E-state index in [2.05, 4.69) is 0 Å². The minimum Gasteiger partial charge on any atom is -0.493 e. The highest BCUT2D eigenvalue weighted by atomic mass is 32.1. The predicted octanol–water partition coefficient (Wildman–Crippen LogP) is 4.81. The third-order valence-electron chi connectivity index (χ3n) is 4.79. The molecule has 3 heterocycles. The molecule has 0 bridgehead atoms. The first kappa shape index (κ1) is 19.5. The molecule has 152 valence electrons. The number of benzene rings is 1. The molecular weight excluding hydrogens is 388 g/mol. The van der Waals surface area contributed by atoms with Crippen molar-refractivity contribution in [3.63, 3.8) is 0 Å². The summed E-state index contributed by atoms with van der Waals surface area (Å²) in [6, 6.07) is 8.05. The molecule has 0 N–H and O–H groups in total. The number of aromatic nitrogens is 2. The molecule has 3 aromatic rings. The standard InChI is InChI=1S/C22H24N2O4S/c1-5-27-22(25)21-23-19(18-7-6-10-29-18)20-15-12-17(28-13(2)3)16(26-4)11-14(15)8-9-24(20)21/h6-7,10-13H,5,8-9H2,1-4H3. The number of fused-ring (bicyclic) bond motifs is 3. The highest BCUT2D eigenvalue weighted by molar-refractivity contribution is 7.13. The summed E-state index contributed by atoms with van der Waals surface area (Å²) < 4.78 is 18.8. The summed E-state index contributed by atoms with van der Waals surface area (Å²) in [4.78, 5) is 18.3. The van der Waals surface area contributed by atoms with Crippen molar-refractivity contribution in [3.8, 4) is 33.3 Å². The van der Waals surface area contributed by atoms with Crippen LogP contribution in [-0.4, -0.2) is 35.3 Å². The Morgan fingerprint density at radius 2 is 2.14 bits per heavy atom. The van der Waals surface area contributed by atoms with Crippen LogP contribution in [0.25, 0.3) is 21.8 Å². The highest BCUT2D eigenvalue weighted by Crippen LogP contribution is 2.44. The smallest absolute Gasteiger partial charge is 0.374 e. The fraction of sp³-hybridized carbons (Fsp3) is 0.364. The molecular formula is C22H24N2O4S. The molecule has 0 saturated carbocycles. The molecule has 1 aliphatic rings. The van der Waals surface area contributed by atoms with Crippen LogP contribution >= 0.6 is 11.3 Å². The van der Waals surface area contributed by atoms with Gasteiger partial charge in [0.1, 0.15) is 5.69 Å². The van der Waals surface area contributed by atoms with Gasteiger partial charge >= 0.3 is 5.97 Å². The molecule has 7 heteroatoms. The van der Waals surface area contributed by atoms with Crippen LogP contribution in [0.5, 0.6) is 11.5 Å². The second-order valence-corrected chi connectivity index (χ2v) is 8.01. The van der Waals surface area contributed by atoms with E-state index in [1.807, 2.05) is 48.1 Å². The third kappa shape index (κ3) is 3.51. The second kappa shape index (κ2) is 7.91. The van der Waals surface area contributed by atoms with E-state index < -0.39 is 5.97 Å². The molecule has 0 fully saturated rings. The number of hydrogen-bond donors (Lipinski definition) is 0. The summed E-state index contributed by atoms with van der Waals surface area (Å²) in [5.41, 5.74) is 3.88. The molecule has 1 aromatic carbocycles. The van der Waals surface area contributed by atoms with Crippen LogP contribution in [0.15, 0.2) is 29.6 Å². The number of carbonyl (C=O) groups is 1. The van der Waals surface area contributed by atoms with Gasteiger partial charge in [-0.05, 0) is 56.3 Å². The molecule has 0 spiro atoms. The average molecular weight is 413 g/mol. The molecule has 0 saturated heterocycles. The van der Waals surface area contributed by atoms with Gasteiger partial charge in [-0.2, -0.15) is 0 Å². The zero-order valence-electron chi connectivity index (χ0n) is 17.0. The first-order valence-corrected chi connectivity index (χ1v) is 10.6. The lowest BCUT2D eigenvalue weighted by atomic mass is 9.96. The summed E-state index contributed by atoms with van der Waals surface area (Å²) in [6.07, 6.45) is 0.787. The Morgan fingerprint density at radius 3 is 2.79 bits per heavy atom. The number of hydrogen-bond acceptors (Lipinski definition) is 6. The van der Waals surface area contributed by atoms with Crippen molar-refractivity contribution < 1.29 is 19.0 Å². The zero-order valence-corrected chi connectivity index (χ0v) is 17.8. The summed E-state index contributed by atoms with van der Waals surface area (Å²) in [5, 5.41) is 2.01. The number of thiophene rings is 1. The van der Waals surface area contributed by atoms with Crippen LogP contribution in [0.1, 0.15) is 37.0 Å². The highest BCUT2D eigenvalue weighted by Gasteiger charge is 2.30. The van der Waals surface area contributed by atoms with Crippen molar-refractivity contribution in [2.45, 2.75) is 39.8 Å². The predicted molar refractivity (Wildman–Crippen MR) is 113 cm³/mol. The molecule has 0 atom stereocenters. The van der Waals surface area contributed by atoms with Crippen LogP contribution in [0.3, 0.4) is 0 Å². The molecule has 2 aromatic heterocycles. The van der Waals surface area contributed by atoms with Crippen molar-refractivity contribution in [2.24, 2.45) is 0 Å².